The standard InChI is InChI=1S/C18H28N2O3/c1-4-5-13-20(15(2)21)14-11-18(22)19-12-10-16-6-8-17(23-3)9-7-16/h6-9H,4-5,10-14H2,1-3H3,(H,19,22). The Labute approximate surface area is 139 Å². The van der Waals surface area contributed by atoms with Crippen molar-refractivity contribution in [3.05, 3.63) is 29.8 Å². The van der Waals surface area contributed by atoms with E-state index in [-0.39, 0.29) is 11.8 Å². The van der Waals surface area contributed by atoms with Gasteiger partial charge in [0.1, 0.15) is 5.75 Å². The Balaban J connectivity index is 2.26. The minimum atomic E-state index is -0.0127. The first-order chi connectivity index (χ1) is 11.1. The van der Waals surface area contributed by atoms with Crippen molar-refractivity contribution in [3.63, 3.8) is 0 Å². The van der Waals surface area contributed by atoms with Crippen LogP contribution in [0.4, 0.5) is 0 Å². The predicted molar refractivity (Wildman–Crippen MR) is 91.5 cm³/mol. The number of unbranched alkanes of at least 4 members (excludes halogenated alkanes) is 1. The smallest absolute Gasteiger partial charge is 0.221 e. The highest BCUT2D eigenvalue weighted by atomic mass is 16.5. The van der Waals surface area contributed by atoms with E-state index in [1.54, 1.807) is 18.9 Å². The Kier molecular flexibility index (Phi) is 8.80. The van der Waals surface area contributed by atoms with E-state index in [9.17, 15) is 9.59 Å². The second-order valence-corrected chi connectivity index (χ2v) is 5.56. The number of nitrogens with one attached hydrogen (secondary N) is 1. The summed E-state index contributed by atoms with van der Waals surface area (Å²) in [4.78, 5) is 25.1. The summed E-state index contributed by atoms with van der Waals surface area (Å²) in [6, 6.07) is 7.81. The van der Waals surface area contributed by atoms with Gasteiger partial charge in [0.15, 0.2) is 0 Å². The number of ether oxygens (including phenoxy) is 1. The Hall–Kier alpha value is -2.04. The number of rotatable bonds is 10. The van der Waals surface area contributed by atoms with Crippen LogP contribution in [0, 0.1) is 0 Å². The maximum atomic E-state index is 11.9. The second-order valence-electron chi connectivity index (χ2n) is 5.56. The normalized spacial score (nSPS) is 10.2. The Morgan fingerprint density at radius 1 is 1.17 bits per heavy atom. The molecule has 0 saturated carbocycles. The molecule has 5 heteroatoms. The minimum Gasteiger partial charge on any atom is -0.497 e. The van der Waals surface area contributed by atoms with Crippen molar-refractivity contribution in [1.82, 2.24) is 10.2 Å². The van der Waals surface area contributed by atoms with Gasteiger partial charge in [-0.2, -0.15) is 0 Å². The molecule has 23 heavy (non-hydrogen) atoms. The molecule has 0 unspecified atom stereocenters. The highest BCUT2D eigenvalue weighted by Crippen LogP contribution is 2.11. The summed E-state index contributed by atoms with van der Waals surface area (Å²) in [5.41, 5.74) is 1.15. The van der Waals surface area contributed by atoms with Gasteiger partial charge in [-0.25, -0.2) is 0 Å². The van der Waals surface area contributed by atoms with Crippen molar-refractivity contribution < 1.29 is 14.3 Å². The van der Waals surface area contributed by atoms with Gasteiger partial charge in [0.2, 0.25) is 11.8 Å². The Morgan fingerprint density at radius 2 is 1.87 bits per heavy atom. The van der Waals surface area contributed by atoms with Crippen LogP contribution in [0.15, 0.2) is 24.3 Å². The third kappa shape index (κ3) is 7.68. The lowest BCUT2D eigenvalue weighted by Crippen LogP contribution is -2.35. The zero-order valence-electron chi connectivity index (χ0n) is 14.4. The number of carbonyl (C=O) groups excluding carboxylic acids is 2. The van der Waals surface area contributed by atoms with Crippen molar-refractivity contribution in [3.8, 4) is 5.75 Å². The molecule has 1 rings (SSSR count). The van der Waals surface area contributed by atoms with Crippen LogP contribution >= 0.6 is 0 Å². The fourth-order valence-corrected chi connectivity index (χ4v) is 2.24. The minimum absolute atomic E-state index is 0.0127. The van der Waals surface area contributed by atoms with Crippen LogP contribution in [0.3, 0.4) is 0 Å². The summed E-state index contributed by atoms with van der Waals surface area (Å²) >= 11 is 0. The highest BCUT2D eigenvalue weighted by molar-refractivity contribution is 5.78. The number of nitrogens with zero attached hydrogens (tertiary/aromatic N) is 1. The number of hydrogen-bond donors (Lipinski definition) is 1. The van der Waals surface area contributed by atoms with Crippen molar-refractivity contribution in [2.24, 2.45) is 0 Å². The molecule has 2 amide bonds. The first-order valence-electron chi connectivity index (χ1n) is 8.22. The van der Waals surface area contributed by atoms with Gasteiger partial charge in [0.05, 0.1) is 7.11 Å². The average Bonchev–Trinajstić information content (AvgIpc) is 2.55. The maximum absolute atomic E-state index is 11.9. The van der Waals surface area contributed by atoms with Crippen molar-refractivity contribution in [2.75, 3.05) is 26.7 Å². The second kappa shape index (κ2) is 10.6. The van der Waals surface area contributed by atoms with Gasteiger partial charge in [-0.3, -0.25) is 9.59 Å². The molecule has 0 aliphatic heterocycles. The van der Waals surface area contributed by atoms with Gasteiger partial charge in [-0.1, -0.05) is 25.5 Å². The van der Waals surface area contributed by atoms with Gasteiger partial charge in [0.25, 0.3) is 0 Å². The number of carbonyl (C=O) groups is 2. The van der Waals surface area contributed by atoms with Gasteiger partial charge < -0.3 is 15.0 Å². The molecule has 0 saturated heterocycles. The summed E-state index contributed by atoms with van der Waals surface area (Å²) in [7, 11) is 1.64. The number of hydrogen-bond acceptors (Lipinski definition) is 3. The third-order valence-electron chi connectivity index (χ3n) is 3.73. The first-order valence-corrected chi connectivity index (χ1v) is 8.22. The SMILES string of the molecule is CCCCN(CCC(=O)NCCc1ccc(OC)cc1)C(C)=O. The molecule has 0 atom stereocenters. The molecule has 0 heterocycles. The summed E-state index contributed by atoms with van der Waals surface area (Å²) in [6.07, 6.45) is 3.14. The predicted octanol–water partition coefficient (Wildman–Crippen LogP) is 2.39. The summed E-state index contributed by atoms with van der Waals surface area (Å²) in [5.74, 6) is 0.847. The molecule has 0 aliphatic rings. The Morgan fingerprint density at radius 3 is 2.43 bits per heavy atom. The molecular weight excluding hydrogens is 292 g/mol. The largest absolute Gasteiger partial charge is 0.497 e. The number of methoxy groups -OCH3 is 1. The van der Waals surface area contributed by atoms with Gasteiger partial charge >= 0.3 is 0 Å². The third-order valence-corrected chi connectivity index (χ3v) is 3.73. The quantitative estimate of drug-likeness (QED) is 0.720. The van der Waals surface area contributed by atoms with Crippen LogP contribution in [0.2, 0.25) is 0 Å². The lowest BCUT2D eigenvalue weighted by molar-refractivity contribution is -0.129. The fourth-order valence-electron chi connectivity index (χ4n) is 2.24. The molecule has 1 aromatic carbocycles. The molecule has 1 N–H and O–H groups in total. The molecule has 0 spiro atoms. The first kappa shape index (κ1) is 19.0. The van der Waals surface area contributed by atoms with Gasteiger partial charge in [0, 0.05) is 33.0 Å². The van der Waals surface area contributed by atoms with Crippen LogP contribution in [-0.4, -0.2) is 43.5 Å². The van der Waals surface area contributed by atoms with Crippen molar-refractivity contribution in [2.45, 2.75) is 39.5 Å². The number of benzene rings is 1. The van der Waals surface area contributed by atoms with E-state index in [1.165, 1.54) is 0 Å². The monoisotopic (exact) mass is 320 g/mol. The lowest BCUT2D eigenvalue weighted by atomic mass is 10.1. The molecule has 0 fully saturated rings. The maximum Gasteiger partial charge on any atom is 0.221 e. The molecule has 1 aromatic rings. The van der Waals surface area contributed by atoms with E-state index < -0.39 is 0 Å². The van der Waals surface area contributed by atoms with E-state index in [4.69, 9.17) is 4.74 Å². The molecule has 128 valence electrons. The zero-order valence-corrected chi connectivity index (χ0v) is 14.4. The Bertz CT molecular complexity index is 486. The lowest BCUT2D eigenvalue weighted by Gasteiger charge is -2.20. The molecule has 5 nitrogen and oxygen atoms in total. The topological polar surface area (TPSA) is 58.6 Å². The van der Waals surface area contributed by atoms with Crippen molar-refractivity contribution in [1.29, 1.82) is 0 Å². The summed E-state index contributed by atoms with van der Waals surface area (Å²) in [5, 5.41) is 2.90. The fraction of sp³-hybridized carbons (Fsp3) is 0.556. The highest BCUT2D eigenvalue weighted by Gasteiger charge is 2.10. The molecular formula is C18H28N2O3. The molecule has 0 aliphatic carbocycles. The van der Waals surface area contributed by atoms with Crippen LogP contribution in [0.5, 0.6) is 5.75 Å². The van der Waals surface area contributed by atoms with E-state index in [2.05, 4.69) is 12.2 Å². The van der Waals surface area contributed by atoms with Crippen LogP contribution in [0.1, 0.15) is 38.7 Å². The zero-order chi connectivity index (χ0) is 17.1. The van der Waals surface area contributed by atoms with Crippen LogP contribution in [0.25, 0.3) is 0 Å². The molecule has 0 bridgehead atoms. The molecule has 0 aromatic heterocycles. The van der Waals surface area contributed by atoms with Gasteiger partial charge in [-0.15, -0.1) is 0 Å². The van der Waals surface area contributed by atoms with E-state index in [1.807, 2.05) is 24.3 Å². The van der Waals surface area contributed by atoms with Crippen LogP contribution in [-0.2, 0) is 16.0 Å². The summed E-state index contributed by atoms with van der Waals surface area (Å²) < 4.78 is 5.11. The van der Waals surface area contributed by atoms with Crippen LogP contribution < -0.4 is 10.1 Å². The van der Waals surface area contributed by atoms with E-state index >= 15 is 0 Å². The summed E-state index contributed by atoms with van der Waals surface area (Å²) in [6.45, 7) is 5.45. The van der Waals surface area contributed by atoms with E-state index in [0.29, 0.717) is 19.5 Å². The molecule has 0 radical (unpaired) electrons. The average molecular weight is 320 g/mol. The van der Waals surface area contributed by atoms with E-state index in [0.717, 1.165) is 37.1 Å². The van der Waals surface area contributed by atoms with Crippen molar-refractivity contribution >= 4 is 11.8 Å². The number of amides is 2. The van der Waals surface area contributed by atoms with Gasteiger partial charge in [-0.05, 0) is 30.5 Å².